The fourth-order valence-electron chi connectivity index (χ4n) is 3.28. The van der Waals surface area contributed by atoms with E-state index < -0.39 is 0 Å². The summed E-state index contributed by atoms with van der Waals surface area (Å²) in [5, 5.41) is 3.70. The van der Waals surface area contributed by atoms with E-state index in [0.29, 0.717) is 24.4 Å². The molecule has 134 valence electrons. The van der Waals surface area contributed by atoms with Gasteiger partial charge < -0.3 is 10.2 Å². The second-order valence-electron chi connectivity index (χ2n) is 7.46. The highest BCUT2D eigenvalue weighted by Crippen LogP contribution is 2.46. The first-order chi connectivity index (χ1) is 12.4. The Morgan fingerprint density at radius 1 is 1.15 bits per heavy atom. The number of anilines is 2. The van der Waals surface area contributed by atoms with E-state index in [4.69, 9.17) is 11.6 Å². The Balaban J connectivity index is 1.56. The number of carbonyl (C=O) groups excluding carboxylic acids is 2. The lowest BCUT2D eigenvalue weighted by atomic mass is 9.99. The second kappa shape index (κ2) is 6.44. The third-order valence-corrected chi connectivity index (χ3v) is 5.59. The third-order valence-electron chi connectivity index (χ3n) is 5.34. The Morgan fingerprint density at radius 2 is 1.88 bits per heavy atom. The van der Waals surface area contributed by atoms with Crippen LogP contribution >= 0.6 is 11.6 Å². The summed E-state index contributed by atoms with van der Waals surface area (Å²) < 4.78 is 0. The zero-order valence-corrected chi connectivity index (χ0v) is 15.5. The van der Waals surface area contributed by atoms with Crippen molar-refractivity contribution in [2.75, 3.05) is 10.2 Å². The van der Waals surface area contributed by atoms with Gasteiger partial charge >= 0.3 is 0 Å². The fourth-order valence-corrected chi connectivity index (χ4v) is 3.41. The van der Waals surface area contributed by atoms with E-state index in [1.54, 1.807) is 0 Å². The molecule has 5 heteroatoms. The molecule has 0 spiro atoms. The molecule has 4 rings (SSSR count). The molecule has 1 aliphatic heterocycles. The van der Waals surface area contributed by atoms with Crippen LogP contribution in [0, 0.1) is 5.41 Å². The number of halogens is 1. The van der Waals surface area contributed by atoms with Crippen molar-refractivity contribution in [3.63, 3.8) is 0 Å². The highest BCUT2D eigenvalue weighted by atomic mass is 35.5. The van der Waals surface area contributed by atoms with Crippen molar-refractivity contribution in [2.24, 2.45) is 5.41 Å². The van der Waals surface area contributed by atoms with Gasteiger partial charge in [0.15, 0.2) is 0 Å². The van der Waals surface area contributed by atoms with Gasteiger partial charge in [0.2, 0.25) is 11.8 Å². The molecule has 1 fully saturated rings. The SMILES string of the molecule is CC1(C(=O)Nc2ccc3c(c2)CCC(=O)N3Cc2ccc(Cl)cc2)CC1. The highest BCUT2D eigenvalue weighted by Gasteiger charge is 2.44. The van der Waals surface area contributed by atoms with Crippen molar-refractivity contribution in [3.8, 4) is 0 Å². The maximum Gasteiger partial charge on any atom is 0.230 e. The Labute approximate surface area is 158 Å². The number of nitrogens with one attached hydrogen (secondary N) is 1. The molecule has 4 nitrogen and oxygen atoms in total. The van der Waals surface area contributed by atoms with Crippen molar-refractivity contribution in [2.45, 2.75) is 39.2 Å². The van der Waals surface area contributed by atoms with Gasteiger partial charge in [-0.15, -0.1) is 0 Å². The van der Waals surface area contributed by atoms with Gasteiger partial charge in [-0.1, -0.05) is 30.7 Å². The molecule has 2 aliphatic rings. The van der Waals surface area contributed by atoms with Crippen LogP contribution in [0.2, 0.25) is 5.02 Å². The third kappa shape index (κ3) is 3.34. The summed E-state index contributed by atoms with van der Waals surface area (Å²) >= 11 is 5.94. The lowest BCUT2D eigenvalue weighted by molar-refractivity contribution is -0.120. The van der Waals surface area contributed by atoms with Crippen molar-refractivity contribution in [3.05, 3.63) is 58.6 Å². The summed E-state index contributed by atoms with van der Waals surface area (Å²) in [5.41, 5.74) is 3.66. The molecule has 0 aromatic heterocycles. The van der Waals surface area contributed by atoms with Crippen molar-refractivity contribution < 1.29 is 9.59 Å². The average molecular weight is 369 g/mol. The van der Waals surface area contributed by atoms with Crippen molar-refractivity contribution in [1.82, 2.24) is 0 Å². The maximum atomic E-state index is 12.5. The van der Waals surface area contributed by atoms with Crippen LogP contribution in [-0.2, 0) is 22.6 Å². The average Bonchev–Trinajstić information content (AvgIpc) is 3.38. The molecular weight excluding hydrogens is 348 g/mol. The molecule has 0 bridgehead atoms. The minimum atomic E-state index is -0.202. The summed E-state index contributed by atoms with van der Waals surface area (Å²) in [7, 11) is 0. The lowest BCUT2D eigenvalue weighted by Crippen LogP contribution is -2.34. The normalized spacial score (nSPS) is 17.6. The molecular formula is C21H21ClN2O2. The number of aryl methyl sites for hydroxylation is 1. The van der Waals surface area contributed by atoms with Gasteiger partial charge in [0.25, 0.3) is 0 Å². The van der Waals surface area contributed by atoms with Crippen LogP contribution in [0.4, 0.5) is 11.4 Å². The smallest absolute Gasteiger partial charge is 0.230 e. The number of amides is 2. The predicted octanol–water partition coefficient (Wildman–Crippen LogP) is 4.56. The Morgan fingerprint density at radius 3 is 2.58 bits per heavy atom. The Bertz CT molecular complexity index is 872. The Kier molecular flexibility index (Phi) is 4.23. The lowest BCUT2D eigenvalue weighted by Gasteiger charge is -2.30. The summed E-state index contributed by atoms with van der Waals surface area (Å²) in [5.74, 6) is 0.206. The quantitative estimate of drug-likeness (QED) is 0.860. The van der Waals surface area contributed by atoms with Gasteiger partial charge in [0.05, 0.1) is 6.54 Å². The van der Waals surface area contributed by atoms with Crippen molar-refractivity contribution >= 4 is 34.8 Å². The largest absolute Gasteiger partial charge is 0.326 e. The minimum absolute atomic E-state index is 0.0855. The van der Waals surface area contributed by atoms with Crippen LogP contribution in [0.5, 0.6) is 0 Å². The number of nitrogens with zero attached hydrogens (tertiary/aromatic N) is 1. The molecule has 1 saturated carbocycles. The van der Waals surface area contributed by atoms with Crippen LogP contribution in [-0.4, -0.2) is 11.8 Å². The first-order valence-electron chi connectivity index (χ1n) is 8.94. The van der Waals surface area contributed by atoms with Gasteiger partial charge in [0, 0.05) is 28.2 Å². The monoisotopic (exact) mass is 368 g/mol. The van der Waals surface area contributed by atoms with Crippen LogP contribution in [0.15, 0.2) is 42.5 Å². The van der Waals surface area contributed by atoms with Crippen molar-refractivity contribution in [1.29, 1.82) is 0 Å². The molecule has 1 N–H and O–H groups in total. The zero-order chi connectivity index (χ0) is 18.3. The number of rotatable bonds is 4. The standard InChI is InChI=1S/C21H21ClN2O2/c1-21(10-11-21)20(26)23-17-7-8-18-15(12-17)4-9-19(25)24(18)13-14-2-5-16(22)6-3-14/h2-3,5-8,12H,4,9-11,13H2,1H3,(H,23,26). The van der Waals surface area contributed by atoms with Crippen LogP contribution in [0.1, 0.15) is 37.3 Å². The predicted molar refractivity (Wildman–Crippen MR) is 103 cm³/mol. The van der Waals surface area contributed by atoms with E-state index in [0.717, 1.165) is 35.3 Å². The first-order valence-corrected chi connectivity index (χ1v) is 9.32. The molecule has 0 radical (unpaired) electrons. The molecule has 26 heavy (non-hydrogen) atoms. The van der Waals surface area contributed by atoms with E-state index in [2.05, 4.69) is 5.32 Å². The van der Waals surface area contributed by atoms with Gasteiger partial charge in [-0.3, -0.25) is 9.59 Å². The van der Waals surface area contributed by atoms with E-state index in [1.165, 1.54) is 0 Å². The molecule has 1 aliphatic carbocycles. The molecule has 1 heterocycles. The molecule has 0 saturated heterocycles. The van der Waals surface area contributed by atoms with Crippen LogP contribution < -0.4 is 10.2 Å². The van der Waals surface area contributed by atoms with Gasteiger partial charge in [0.1, 0.15) is 0 Å². The fraction of sp³-hybridized carbons (Fsp3) is 0.333. The summed E-state index contributed by atoms with van der Waals surface area (Å²) in [6.07, 6.45) is 3.09. The summed E-state index contributed by atoms with van der Waals surface area (Å²) in [4.78, 5) is 26.5. The number of carbonyl (C=O) groups is 2. The molecule has 2 aromatic rings. The summed E-state index contributed by atoms with van der Waals surface area (Å²) in [6, 6.07) is 13.4. The molecule has 0 unspecified atom stereocenters. The number of benzene rings is 2. The molecule has 0 atom stereocenters. The van der Waals surface area contributed by atoms with Gasteiger partial charge in [-0.2, -0.15) is 0 Å². The maximum absolute atomic E-state index is 12.5. The number of hydrogen-bond acceptors (Lipinski definition) is 2. The topological polar surface area (TPSA) is 49.4 Å². The zero-order valence-electron chi connectivity index (χ0n) is 14.7. The van der Waals surface area contributed by atoms with Crippen LogP contribution in [0.3, 0.4) is 0 Å². The van der Waals surface area contributed by atoms with E-state index >= 15 is 0 Å². The highest BCUT2D eigenvalue weighted by molar-refractivity contribution is 6.30. The Hall–Kier alpha value is -2.33. The van der Waals surface area contributed by atoms with E-state index in [-0.39, 0.29) is 17.2 Å². The van der Waals surface area contributed by atoms with Gasteiger partial charge in [-0.25, -0.2) is 0 Å². The number of hydrogen-bond donors (Lipinski definition) is 1. The first kappa shape index (κ1) is 17.1. The minimum Gasteiger partial charge on any atom is -0.326 e. The second-order valence-corrected chi connectivity index (χ2v) is 7.90. The molecule has 2 aromatic carbocycles. The van der Waals surface area contributed by atoms with E-state index in [9.17, 15) is 9.59 Å². The van der Waals surface area contributed by atoms with Gasteiger partial charge in [-0.05, 0) is 60.7 Å². The molecule has 2 amide bonds. The van der Waals surface area contributed by atoms with Crippen LogP contribution in [0.25, 0.3) is 0 Å². The number of fused-ring (bicyclic) bond motifs is 1. The van der Waals surface area contributed by atoms with E-state index in [1.807, 2.05) is 54.3 Å². The summed E-state index contributed by atoms with van der Waals surface area (Å²) in [6.45, 7) is 2.51.